The van der Waals surface area contributed by atoms with Crippen LogP contribution < -0.4 is 9.54 Å². The van der Waals surface area contributed by atoms with Gasteiger partial charge >= 0.3 is 5.97 Å². The van der Waals surface area contributed by atoms with Crippen molar-refractivity contribution in [1.29, 1.82) is 0 Å². The molecule has 1 aromatic heterocycles. The molecule has 0 spiro atoms. The number of amides is 1. The number of hydrogen-bond donors (Lipinski definition) is 0. The minimum atomic E-state index is -0.530. The average molecular weight is 388 g/mol. The Morgan fingerprint density at radius 3 is 2.59 bits per heavy atom. The van der Waals surface area contributed by atoms with Crippen LogP contribution in [0.25, 0.3) is 10.2 Å². The molecule has 0 atom stereocenters. The van der Waals surface area contributed by atoms with Gasteiger partial charge in [0, 0.05) is 5.56 Å². The molecular formula is C19H17FN2O4S. The second-order valence-corrected chi connectivity index (χ2v) is 6.52. The fraction of sp³-hybridized carbons (Fsp3) is 0.211. The highest BCUT2D eigenvalue weighted by Gasteiger charge is 2.16. The van der Waals surface area contributed by atoms with Gasteiger partial charge in [-0.15, -0.1) is 0 Å². The molecule has 140 valence electrons. The van der Waals surface area contributed by atoms with E-state index in [-0.39, 0.29) is 12.1 Å². The molecule has 6 nitrogen and oxygen atoms in total. The van der Waals surface area contributed by atoms with Crippen LogP contribution in [0.3, 0.4) is 0 Å². The Balaban J connectivity index is 2.17. The highest BCUT2D eigenvalue weighted by Crippen LogP contribution is 2.27. The summed E-state index contributed by atoms with van der Waals surface area (Å²) in [5.74, 6) is -0.851. The molecule has 27 heavy (non-hydrogen) atoms. The zero-order chi connectivity index (χ0) is 19.4. The molecule has 0 aliphatic heterocycles. The predicted octanol–water partition coefficient (Wildman–Crippen LogP) is 3.15. The van der Waals surface area contributed by atoms with E-state index >= 15 is 0 Å². The monoisotopic (exact) mass is 388 g/mol. The number of halogens is 1. The number of esters is 1. The maximum Gasteiger partial charge on any atom is 0.325 e. The summed E-state index contributed by atoms with van der Waals surface area (Å²) in [6, 6.07) is 10.6. The Kier molecular flexibility index (Phi) is 5.66. The Hall–Kier alpha value is -3.00. The Morgan fingerprint density at radius 1 is 1.19 bits per heavy atom. The molecule has 1 amide bonds. The van der Waals surface area contributed by atoms with Crippen LogP contribution in [0.15, 0.2) is 47.5 Å². The summed E-state index contributed by atoms with van der Waals surface area (Å²) >= 11 is 1.26. The fourth-order valence-corrected chi connectivity index (χ4v) is 3.58. The van der Waals surface area contributed by atoms with Gasteiger partial charge in [0.05, 0.1) is 18.4 Å². The third-order valence-corrected chi connectivity index (χ3v) is 4.81. The van der Waals surface area contributed by atoms with Gasteiger partial charge in [0.15, 0.2) is 4.80 Å². The van der Waals surface area contributed by atoms with Gasteiger partial charge in [-0.1, -0.05) is 17.4 Å². The highest BCUT2D eigenvalue weighted by atomic mass is 32.1. The molecule has 8 heteroatoms. The number of para-hydroxylation sites is 1. The molecule has 0 aliphatic rings. The van der Waals surface area contributed by atoms with E-state index in [1.165, 1.54) is 42.7 Å². The number of carbonyl (C=O) groups excluding carboxylic acids is 2. The van der Waals surface area contributed by atoms with E-state index in [2.05, 4.69) is 4.99 Å². The number of nitrogens with zero attached hydrogens (tertiary/aromatic N) is 2. The van der Waals surface area contributed by atoms with Crippen LogP contribution in [0.2, 0.25) is 0 Å². The molecule has 0 N–H and O–H groups in total. The molecule has 0 aliphatic carbocycles. The summed E-state index contributed by atoms with van der Waals surface area (Å²) in [6.07, 6.45) is 0. The fourth-order valence-electron chi connectivity index (χ4n) is 2.54. The summed E-state index contributed by atoms with van der Waals surface area (Å²) in [7, 11) is 1.29. The minimum absolute atomic E-state index is 0.115. The van der Waals surface area contributed by atoms with E-state index < -0.39 is 17.7 Å². The van der Waals surface area contributed by atoms with Gasteiger partial charge in [0.1, 0.15) is 23.6 Å². The number of benzene rings is 2. The largest absolute Gasteiger partial charge is 0.492 e. The summed E-state index contributed by atoms with van der Waals surface area (Å²) in [5, 5.41) is 0. The van der Waals surface area contributed by atoms with Crippen molar-refractivity contribution in [3.63, 3.8) is 0 Å². The van der Waals surface area contributed by atoms with Crippen LogP contribution in [0, 0.1) is 5.82 Å². The van der Waals surface area contributed by atoms with E-state index in [1.54, 1.807) is 10.6 Å². The predicted molar refractivity (Wildman–Crippen MR) is 99.3 cm³/mol. The lowest BCUT2D eigenvalue weighted by Gasteiger charge is -2.08. The molecule has 0 radical (unpaired) electrons. The molecule has 0 saturated heterocycles. The van der Waals surface area contributed by atoms with Gasteiger partial charge in [-0.2, -0.15) is 4.99 Å². The molecular weight excluding hydrogens is 371 g/mol. The second-order valence-electron chi connectivity index (χ2n) is 5.51. The van der Waals surface area contributed by atoms with E-state index in [0.717, 1.165) is 4.70 Å². The average Bonchev–Trinajstić information content (AvgIpc) is 3.00. The SMILES string of the molecule is CCOc1cccc2sc(=NC(=O)c3ccc(F)cc3)n(CC(=O)OC)c12. The first kappa shape index (κ1) is 18.8. The Bertz CT molecular complexity index is 1050. The third kappa shape index (κ3) is 4.06. The molecule has 3 aromatic rings. The van der Waals surface area contributed by atoms with Gasteiger partial charge in [0.25, 0.3) is 5.91 Å². The minimum Gasteiger partial charge on any atom is -0.492 e. The van der Waals surface area contributed by atoms with Crippen molar-refractivity contribution in [2.45, 2.75) is 13.5 Å². The third-order valence-electron chi connectivity index (χ3n) is 3.77. The van der Waals surface area contributed by atoms with E-state index in [1.807, 2.05) is 19.1 Å². The van der Waals surface area contributed by atoms with Gasteiger partial charge < -0.3 is 14.0 Å². The summed E-state index contributed by atoms with van der Waals surface area (Å²) in [5.41, 5.74) is 0.920. The maximum atomic E-state index is 13.1. The normalized spacial score (nSPS) is 11.6. The molecule has 0 fully saturated rings. The zero-order valence-electron chi connectivity index (χ0n) is 14.8. The number of aromatic nitrogens is 1. The van der Waals surface area contributed by atoms with Gasteiger partial charge in [0.2, 0.25) is 0 Å². The van der Waals surface area contributed by atoms with E-state index in [0.29, 0.717) is 22.7 Å². The molecule has 2 aromatic carbocycles. The lowest BCUT2D eigenvalue weighted by atomic mass is 10.2. The van der Waals surface area contributed by atoms with Crippen LogP contribution in [-0.2, 0) is 16.1 Å². The standard InChI is InChI=1S/C19H17FN2O4S/c1-3-26-14-5-4-6-15-17(14)22(11-16(23)25-2)19(27-15)21-18(24)12-7-9-13(20)10-8-12/h4-10H,3,11H2,1-2H3. The van der Waals surface area contributed by atoms with E-state index in [4.69, 9.17) is 9.47 Å². The van der Waals surface area contributed by atoms with Crippen LogP contribution in [-0.4, -0.2) is 30.2 Å². The summed E-state index contributed by atoms with van der Waals surface area (Å²) in [6.45, 7) is 2.20. The topological polar surface area (TPSA) is 69.9 Å². The lowest BCUT2D eigenvalue weighted by molar-refractivity contribution is -0.141. The molecule has 0 unspecified atom stereocenters. The number of hydrogen-bond acceptors (Lipinski definition) is 5. The van der Waals surface area contributed by atoms with Crippen molar-refractivity contribution in [2.24, 2.45) is 4.99 Å². The van der Waals surface area contributed by atoms with Gasteiger partial charge in [-0.25, -0.2) is 4.39 Å². The lowest BCUT2D eigenvalue weighted by Crippen LogP contribution is -2.22. The van der Waals surface area contributed by atoms with Crippen molar-refractivity contribution >= 4 is 33.4 Å². The first-order chi connectivity index (χ1) is 13.0. The Morgan fingerprint density at radius 2 is 1.93 bits per heavy atom. The maximum absolute atomic E-state index is 13.1. The van der Waals surface area contributed by atoms with Crippen LogP contribution in [0.1, 0.15) is 17.3 Å². The van der Waals surface area contributed by atoms with Crippen molar-refractivity contribution in [1.82, 2.24) is 4.57 Å². The summed E-state index contributed by atoms with van der Waals surface area (Å²) in [4.78, 5) is 28.8. The molecule has 0 saturated carbocycles. The molecule has 3 rings (SSSR count). The van der Waals surface area contributed by atoms with Crippen LogP contribution in [0.5, 0.6) is 5.75 Å². The van der Waals surface area contributed by atoms with Crippen LogP contribution in [0.4, 0.5) is 4.39 Å². The number of methoxy groups -OCH3 is 1. The number of fused-ring (bicyclic) bond motifs is 1. The number of rotatable bonds is 5. The first-order valence-corrected chi connectivity index (χ1v) is 9.01. The van der Waals surface area contributed by atoms with Crippen molar-refractivity contribution in [2.75, 3.05) is 13.7 Å². The van der Waals surface area contributed by atoms with E-state index in [9.17, 15) is 14.0 Å². The van der Waals surface area contributed by atoms with Crippen molar-refractivity contribution in [3.05, 3.63) is 58.6 Å². The number of ether oxygens (including phenoxy) is 2. The highest BCUT2D eigenvalue weighted by molar-refractivity contribution is 7.16. The van der Waals surface area contributed by atoms with Gasteiger partial charge in [-0.05, 0) is 43.3 Å². The Labute approximate surface area is 158 Å². The number of carbonyl (C=O) groups is 2. The molecule has 1 heterocycles. The van der Waals surface area contributed by atoms with Crippen LogP contribution >= 0.6 is 11.3 Å². The first-order valence-electron chi connectivity index (χ1n) is 8.20. The summed E-state index contributed by atoms with van der Waals surface area (Å²) < 4.78 is 25.9. The smallest absolute Gasteiger partial charge is 0.325 e. The zero-order valence-corrected chi connectivity index (χ0v) is 15.6. The van der Waals surface area contributed by atoms with Crippen molar-refractivity contribution in [3.8, 4) is 5.75 Å². The van der Waals surface area contributed by atoms with Gasteiger partial charge in [-0.3, -0.25) is 9.59 Å². The van der Waals surface area contributed by atoms with Crippen molar-refractivity contribution < 1.29 is 23.5 Å². The number of thiazole rings is 1. The molecule has 0 bridgehead atoms. The second kappa shape index (κ2) is 8.13. The quantitative estimate of drug-likeness (QED) is 0.630.